The number of ether oxygens (including phenoxy) is 2. The highest BCUT2D eigenvalue weighted by molar-refractivity contribution is 9.10. The van der Waals surface area contributed by atoms with Gasteiger partial charge in [0.05, 0.1) is 0 Å². The third kappa shape index (κ3) is 6.35. The van der Waals surface area contributed by atoms with Crippen molar-refractivity contribution in [2.75, 3.05) is 6.54 Å². The summed E-state index contributed by atoms with van der Waals surface area (Å²) in [5.41, 5.74) is 1.62. The fraction of sp³-hybridized carbons (Fsp3) is 0.188. The monoisotopic (exact) mass is 600 g/mol. The van der Waals surface area contributed by atoms with Crippen molar-refractivity contribution < 1.29 is 24.2 Å². The van der Waals surface area contributed by atoms with Crippen molar-refractivity contribution in [3.05, 3.63) is 130 Å². The fourth-order valence-electron chi connectivity index (χ4n) is 4.86. The first kappa shape index (κ1) is 27.4. The molecule has 1 amide bonds. The lowest BCUT2D eigenvalue weighted by atomic mass is 9.86. The van der Waals surface area contributed by atoms with Gasteiger partial charge in [-0.1, -0.05) is 70.5 Å². The van der Waals surface area contributed by atoms with Crippen molar-refractivity contribution in [3.63, 3.8) is 0 Å². The van der Waals surface area contributed by atoms with Gasteiger partial charge in [0.15, 0.2) is 5.66 Å². The second-order valence-corrected chi connectivity index (χ2v) is 10.5. The molecule has 1 aliphatic heterocycles. The molecule has 0 saturated carbocycles. The Morgan fingerprint density at radius 1 is 0.850 bits per heavy atom. The maximum atomic E-state index is 13.2. The van der Waals surface area contributed by atoms with E-state index in [0.29, 0.717) is 37.5 Å². The molecule has 1 saturated heterocycles. The van der Waals surface area contributed by atoms with Crippen molar-refractivity contribution in [1.29, 1.82) is 0 Å². The Balaban J connectivity index is 1.20. The Morgan fingerprint density at radius 2 is 1.52 bits per heavy atom. The van der Waals surface area contributed by atoms with Gasteiger partial charge in [0.25, 0.3) is 5.91 Å². The van der Waals surface area contributed by atoms with Crippen LogP contribution in [-0.4, -0.2) is 29.2 Å². The van der Waals surface area contributed by atoms with E-state index in [-0.39, 0.29) is 0 Å². The van der Waals surface area contributed by atoms with Gasteiger partial charge < -0.3 is 19.9 Å². The van der Waals surface area contributed by atoms with Crippen molar-refractivity contribution in [2.24, 2.45) is 0 Å². The number of benzene rings is 4. The molecule has 5 rings (SSSR count). The molecule has 40 heavy (non-hydrogen) atoms. The zero-order valence-corrected chi connectivity index (χ0v) is 23.3. The van der Waals surface area contributed by atoms with Gasteiger partial charge in [0.2, 0.25) is 0 Å². The molecule has 0 aliphatic carbocycles. The van der Waals surface area contributed by atoms with Crippen molar-refractivity contribution >= 4 is 27.8 Å². The van der Waals surface area contributed by atoms with Crippen molar-refractivity contribution in [2.45, 2.75) is 31.2 Å². The molecule has 1 unspecified atom stereocenters. The molecule has 1 heterocycles. The van der Waals surface area contributed by atoms with Gasteiger partial charge in [-0.15, -0.1) is 0 Å². The van der Waals surface area contributed by atoms with Crippen LogP contribution in [0.15, 0.2) is 108 Å². The maximum absolute atomic E-state index is 13.2. The van der Waals surface area contributed by atoms with Crippen LogP contribution in [0.25, 0.3) is 0 Å². The number of carbonyl (C=O) groups excluding carboxylic acids is 1. The smallest absolute Gasteiger partial charge is 0.345 e. The lowest BCUT2D eigenvalue weighted by Gasteiger charge is -2.32. The predicted molar refractivity (Wildman–Crippen MR) is 155 cm³/mol. The number of carboxylic acid groups (broad SMARTS) is 1. The number of amides is 1. The van der Waals surface area contributed by atoms with E-state index in [1.54, 1.807) is 24.3 Å². The van der Waals surface area contributed by atoms with Crippen LogP contribution >= 0.6 is 15.9 Å². The summed E-state index contributed by atoms with van der Waals surface area (Å²) in [6.07, 6.45) is 0.583. The molecular formula is C32H29BrN2O5. The van der Waals surface area contributed by atoms with Gasteiger partial charge in [0.1, 0.15) is 24.7 Å². The number of hydrogen-bond acceptors (Lipinski definition) is 5. The quantitative estimate of drug-likeness (QED) is 0.210. The van der Waals surface area contributed by atoms with Crippen LogP contribution in [0.5, 0.6) is 11.5 Å². The average Bonchev–Trinajstić information content (AvgIpc) is 3.41. The van der Waals surface area contributed by atoms with Crippen molar-refractivity contribution in [1.82, 2.24) is 10.6 Å². The summed E-state index contributed by atoms with van der Waals surface area (Å²) in [5, 5.41) is 16.0. The molecule has 0 radical (unpaired) electrons. The number of hydrogen-bond donors (Lipinski definition) is 3. The first-order chi connectivity index (χ1) is 19.4. The topological polar surface area (TPSA) is 96.9 Å². The van der Waals surface area contributed by atoms with Gasteiger partial charge in [-0.05, 0) is 78.2 Å². The third-order valence-corrected chi connectivity index (χ3v) is 7.48. The molecule has 0 spiro atoms. The standard InChI is InChI=1S/C32H29BrN2O5/c33-26-13-9-24(10-14-26)29-17-18-34-32(29,31(37)38)35-30(36)25-11-15-27(16-12-25)39-21-23-7-4-8-28(19-23)40-20-22-5-2-1-3-6-22/h1-16,19,29,34H,17-18,20-21H2,(H,35,36)(H,37,38)/t29?,32-/m1/s1. The number of aliphatic carboxylic acids is 1. The highest BCUT2D eigenvalue weighted by Crippen LogP contribution is 2.35. The van der Waals surface area contributed by atoms with Crippen LogP contribution in [-0.2, 0) is 18.0 Å². The van der Waals surface area contributed by atoms with E-state index in [0.717, 1.165) is 26.9 Å². The molecule has 2 atom stereocenters. The van der Waals surface area contributed by atoms with Crippen LogP contribution in [0.1, 0.15) is 39.4 Å². The van der Waals surface area contributed by atoms with Gasteiger partial charge in [0, 0.05) is 16.0 Å². The molecular weight excluding hydrogens is 572 g/mol. The zero-order valence-electron chi connectivity index (χ0n) is 21.7. The summed E-state index contributed by atoms with van der Waals surface area (Å²) < 4.78 is 12.7. The molecule has 0 aromatic heterocycles. The molecule has 1 fully saturated rings. The normalized spacial score (nSPS) is 18.2. The minimum absolute atomic E-state index is 0.328. The molecule has 4 aromatic carbocycles. The van der Waals surface area contributed by atoms with Crippen LogP contribution in [0, 0.1) is 0 Å². The van der Waals surface area contributed by atoms with Gasteiger partial charge in [-0.2, -0.15) is 0 Å². The second-order valence-electron chi connectivity index (χ2n) is 9.62. The van der Waals surface area contributed by atoms with Gasteiger partial charge in [-0.25, -0.2) is 4.79 Å². The minimum atomic E-state index is -1.60. The summed E-state index contributed by atoms with van der Waals surface area (Å²) >= 11 is 3.41. The maximum Gasteiger partial charge on any atom is 0.345 e. The van der Waals surface area contributed by atoms with E-state index < -0.39 is 23.5 Å². The number of rotatable bonds is 10. The molecule has 0 bridgehead atoms. The number of nitrogens with one attached hydrogen (secondary N) is 2. The van der Waals surface area contributed by atoms with E-state index in [2.05, 4.69) is 26.6 Å². The molecule has 8 heteroatoms. The van der Waals surface area contributed by atoms with E-state index in [9.17, 15) is 14.7 Å². The van der Waals surface area contributed by atoms with E-state index in [4.69, 9.17) is 9.47 Å². The van der Waals surface area contributed by atoms with Gasteiger partial charge in [-0.3, -0.25) is 10.1 Å². The number of carbonyl (C=O) groups is 2. The number of carboxylic acids is 1. The highest BCUT2D eigenvalue weighted by atomic mass is 79.9. The lowest BCUT2D eigenvalue weighted by Crippen LogP contribution is -2.63. The summed E-state index contributed by atoms with van der Waals surface area (Å²) in [4.78, 5) is 25.6. The average molecular weight is 601 g/mol. The largest absolute Gasteiger partial charge is 0.489 e. The Hall–Kier alpha value is -4.14. The van der Waals surface area contributed by atoms with E-state index in [1.165, 1.54) is 0 Å². The lowest BCUT2D eigenvalue weighted by molar-refractivity contribution is -0.146. The minimum Gasteiger partial charge on any atom is -0.489 e. The summed E-state index contributed by atoms with van der Waals surface area (Å²) in [7, 11) is 0. The molecule has 3 N–H and O–H groups in total. The molecule has 7 nitrogen and oxygen atoms in total. The highest BCUT2D eigenvalue weighted by Gasteiger charge is 2.51. The Kier molecular flexibility index (Phi) is 8.48. The summed E-state index contributed by atoms with van der Waals surface area (Å²) in [6, 6.07) is 31.8. The van der Waals surface area contributed by atoms with E-state index >= 15 is 0 Å². The summed E-state index contributed by atoms with van der Waals surface area (Å²) in [6.45, 7) is 1.28. The SMILES string of the molecule is O=C(N[C@]1(C(=O)O)NCCC1c1ccc(Br)cc1)c1ccc(OCc2cccc(OCc3ccccc3)c2)cc1. The molecule has 1 aliphatic rings. The van der Waals surface area contributed by atoms with Crippen LogP contribution in [0.3, 0.4) is 0 Å². The van der Waals surface area contributed by atoms with E-state index in [1.807, 2.05) is 78.9 Å². The van der Waals surface area contributed by atoms with Gasteiger partial charge >= 0.3 is 5.97 Å². The molecule has 4 aromatic rings. The van der Waals surface area contributed by atoms with Crippen molar-refractivity contribution in [3.8, 4) is 11.5 Å². The third-order valence-electron chi connectivity index (χ3n) is 6.95. The first-order valence-electron chi connectivity index (χ1n) is 13.0. The second kappa shape index (κ2) is 12.4. The van der Waals surface area contributed by atoms with Crippen LogP contribution < -0.4 is 20.1 Å². The number of halogens is 1. The fourth-order valence-corrected chi connectivity index (χ4v) is 5.13. The Labute approximate surface area is 241 Å². The Bertz CT molecular complexity index is 1460. The Morgan fingerprint density at radius 3 is 2.25 bits per heavy atom. The summed E-state index contributed by atoms with van der Waals surface area (Å²) in [5.74, 6) is -0.676. The zero-order chi connectivity index (χ0) is 28.0. The molecule has 204 valence electrons. The van der Waals surface area contributed by atoms with Crippen LogP contribution in [0.2, 0.25) is 0 Å². The van der Waals surface area contributed by atoms with Crippen LogP contribution in [0.4, 0.5) is 0 Å². The first-order valence-corrected chi connectivity index (χ1v) is 13.8. The predicted octanol–water partition coefficient (Wildman–Crippen LogP) is 5.89.